The molecule has 2 aliphatic heterocycles. The van der Waals surface area contributed by atoms with Crippen molar-refractivity contribution < 1.29 is 14.7 Å². The number of thioether (sulfide) groups is 1. The van der Waals surface area contributed by atoms with Gasteiger partial charge < -0.3 is 20.2 Å². The molecule has 4 rings (SSSR count). The van der Waals surface area contributed by atoms with Crippen LogP contribution in [0.2, 0.25) is 0 Å². The monoisotopic (exact) mass is 444 g/mol. The van der Waals surface area contributed by atoms with Crippen molar-refractivity contribution in [1.29, 1.82) is 0 Å². The number of aliphatic imine (C=N–C) groups is 1. The van der Waals surface area contributed by atoms with Crippen LogP contribution < -0.4 is 5.32 Å². The van der Waals surface area contributed by atoms with E-state index in [1.54, 1.807) is 54.1 Å². The van der Waals surface area contributed by atoms with Gasteiger partial charge in [0.2, 0.25) is 11.8 Å². The molecule has 4 atom stereocenters. The van der Waals surface area contributed by atoms with Crippen LogP contribution in [0.4, 0.5) is 0 Å². The number of carbonyl (C=O) groups excluding carboxylic acids is 2. The fraction of sp³-hybridized carbons (Fsp3) is 0.474. The first-order chi connectivity index (χ1) is 14.7. The van der Waals surface area contributed by atoms with Gasteiger partial charge >= 0.3 is 0 Å². The summed E-state index contributed by atoms with van der Waals surface area (Å²) >= 11 is 1.59. The highest BCUT2D eigenvalue weighted by atomic mass is 32.2. The molecular formula is C19H24N8O3S. The van der Waals surface area contributed by atoms with Crippen LogP contribution in [0, 0.1) is 0 Å². The van der Waals surface area contributed by atoms with Crippen LogP contribution in [0.5, 0.6) is 5.75 Å². The first-order valence-electron chi connectivity index (χ1n) is 9.71. The SMILES string of the molecule is CN(C)C=NC(C(=O)NC1C(=O)N2C(c3nn[nH]n3)C(C)(C)S[C@H]12)c1ccc(O)cc1. The van der Waals surface area contributed by atoms with E-state index in [9.17, 15) is 14.7 Å². The van der Waals surface area contributed by atoms with Crippen LogP contribution in [0.15, 0.2) is 29.3 Å². The average Bonchev–Trinajstić information content (AvgIpc) is 3.31. The number of tetrazole rings is 1. The molecule has 0 radical (unpaired) electrons. The molecule has 0 bridgehead atoms. The average molecular weight is 445 g/mol. The van der Waals surface area contributed by atoms with Crippen molar-refractivity contribution in [2.75, 3.05) is 14.1 Å². The van der Waals surface area contributed by atoms with E-state index in [4.69, 9.17) is 0 Å². The number of phenolic OH excluding ortho intramolecular Hbond substituents is 1. The summed E-state index contributed by atoms with van der Waals surface area (Å²) in [5.41, 5.74) is 0.612. The fourth-order valence-corrected chi connectivity index (χ4v) is 5.47. The Bertz CT molecular complexity index is 992. The number of carbonyl (C=O) groups is 2. The van der Waals surface area contributed by atoms with Crippen molar-refractivity contribution in [1.82, 2.24) is 35.7 Å². The third kappa shape index (κ3) is 3.82. The Kier molecular flexibility index (Phi) is 5.33. The maximum atomic E-state index is 13.1. The third-order valence-electron chi connectivity index (χ3n) is 5.25. The van der Waals surface area contributed by atoms with Crippen molar-refractivity contribution in [3.63, 3.8) is 0 Å². The zero-order valence-corrected chi connectivity index (χ0v) is 18.4. The van der Waals surface area contributed by atoms with Gasteiger partial charge in [-0.1, -0.05) is 17.3 Å². The Morgan fingerprint density at radius 1 is 1.39 bits per heavy atom. The van der Waals surface area contributed by atoms with Gasteiger partial charge in [-0.25, -0.2) is 0 Å². The van der Waals surface area contributed by atoms with Gasteiger partial charge in [0.1, 0.15) is 23.2 Å². The Hall–Kier alpha value is -3.15. The van der Waals surface area contributed by atoms with E-state index >= 15 is 0 Å². The summed E-state index contributed by atoms with van der Waals surface area (Å²) in [6, 6.07) is 4.44. The summed E-state index contributed by atoms with van der Waals surface area (Å²) in [4.78, 5) is 33.9. The van der Waals surface area contributed by atoms with E-state index in [2.05, 4.69) is 30.9 Å². The molecule has 0 aliphatic carbocycles. The van der Waals surface area contributed by atoms with Crippen LogP contribution in [-0.2, 0) is 9.59 Å². The van der Waals surface area contributed by atoms with E-state index in [0.717, 1.165) is 0 Å². The molecule has 2 aliphatic rings. The number of benzene rings is 1. The van der Waals surface area contributed by atoms with Crippen LogP contribution in [-0.4, -0.2) is 83.9 Å². The van der Waals surface area contributed by atoms with Crippen molar-refractivity contribution in [3.8, 4) is 5.75 Å². The molecule has 31 heavy (non-hydrogen) atoms. The predicted octanol–water partition coefficient (Wildman–Crippen LogP) is 0.456. The number of aromatic hydroxyl groups is 1. The summed E-state index contributed by atoms with van der Waals surface area (Å²) < 4.78 is -0.344. The number of fused-ring (bicyclic) bond motifs is 1. The van der Waals surface area contributed by atoms with E-state index in [1.807, 2.05) is 13.8 Å². The minimum atomic E-state index is -0.850. The van der Waals surface area contributed by atoms with Gasteiger partial charge in [-0.2, -0.15) is 5.21 Å². The number of hydrogen-bond donors (Lipinski definition) is 3. The van der Waals surface area contributed by atoms with Gasteiger partial charge in [-0.3, -0.25) is 14.6 Å². The van der Waals surface area contributed by atoms with E-state index < -0.39 is 12.1 Å². The molecular weight excluding hydrogens is 420 g/mol. The zero-order chi connectivity index (χ0) is 22.3. The summed E-state index contributed by atoms with van der Waals surface area (Å²) in [7, 11) is 3.61. The highest BCUT2D eigenvalue weighted by Crippen LogP contribution is 2.56. The number of nitrogens with zero attached hydrogens (tertiary/aromatic N) is 6. The molecule has 0 spiro atoms. The quantitative estimate of drug-likeness (QED) is 0.332. The normalized spacial score (nSPS) is 25.2. The summed E-state index contributed by atoms with van der Waals surface area (Å²) in [6.07, 6.45) is 1.55. The minimum Gasteiger partial charge on any atom is -0.508 e. The lowest BCUT2D eigenvalue weighted by Crippen LogP contribution is -2.68. The van der Waals surface area contributed by atoms with Gasteiger partial charge in [0.15, 0.2) is 11.9 Å². The van der Waals surface area contributed by atoms with Gasteiger partial charge in [0.25, 0.3) is 0 Å². The van der Waals surface area contributed by atoms with Crippen LogP contribution in [0.25, 0.3) is 0 Å². The lowest BCUT2D eigenvalue weighted by molar-refractivity contribution is -0.152. The van der Waals surface area contributed by atoms with Crippen LogP contribution in [0.1, 0.15) is 37.3 Å². The molecule has 1 aromatic carbocycles. The molecule has 2 saturated heterocycles. The third-order valence-corrected chi connectivity index (χ3v) is 6.82. The van der Waals surface area contributed by atoms with Gasteiger partial charge in [-0.15, -0.1) is 22.0 Å². The Morgan fingerprint density at radius 3 is 2.71 bits per heavy atom. The highest BCUT2D eigenvalue weighted by Gasteiger charge is 2.63. The highest BCUT2D eigenvalue weighted by molar-refractivity contribution is 8.01. The molecule has 2 aromatic rings. The topological polar surface area (TPSA) is 140 Å². The maximum absolute atomic E-state index is 13.1. The maximum Gasteiger partial charge on any atom is 0.250 e. The second-order valence-corrected chi connectivity index (χ2v) is 10.0. The van der Waals surface area contributed by atoms with Gasteiger partial charge in [0.05, 0.1) is 6.34 Å². The van der Waals surface area contributed by atoms with E-state index in [-0.39, 0.29) is 33.7 Å². The number of aromatic nitrogens is 4. The standard InChI is InChI=1S/C19H24N8O3S/c1-19(2)14(15-22-24-25-23-15)27-17(30)13(18(27)31-19)21-16(29)12(20-9-26(3)4)10-5-7-11(28)8-6-10/h5-9,12-14,18,28H,1-4H3,(H,21,29)(H,22,23,24,25)/t12?,13?,14?,18-/m1/s1. The van der Waals surface area contributed by atoms with Crippen LogP contribution >= 0.6 is 11.8 Å². The molecule has 2 amide bonds. The minimum absolute atomic E-state index is 0.0985. The van der Waals surface area contributed by atoms with Crippen molar-refractivity contribution >= 4 is 29.9 Å². The number of aromatic amines is 1. The number of nitrogens with one attached hydrogen (secondary N) is 2. The first-order valence-corrected chi connectivity index (χ1v) is 10.6. The van der Waals surface area contributed by atoms with Crippen molar-refractivity contribution in [3.05, 3.63) is 35.7 Å². The molecule has 3 unspecified atom stereocenters. The molecule has 11 nitrogen and oxygen atoms in total. The molecule has 2 fully saturated rings. The first kappa shape index (κ1) is 21.1. The molecule has 1 aromatic heterocycles. The number of rotatable bonds is 6. The fourth-order valence-electron chi connectivity index (χ4n) is 3.84. The number of hydrogen-bond acceptors (Lipinski definition) is 8. The number of phenols is 1. The van der Waals surface area contributed by atoms with E-state index in [1.165, 1.54) is 12.1 Å². The molecule has 3 N–H and O–H groups in total. The van der Waals surface area contributed by atoms with Crippen LogP contribution in [0.3, 0.4) is 0 Å². The summed E-state index contributed by atoms with van der Waals surface area (Å²) in [5, 5.41) is 26.4. The van der Waals surface area contributed by atoms with Crippen molar-refractivity contribution in [2.45, 2.75) is 42.1 Å². The lowest BCUT2D eigenvalue weighted by Gasteiger charge is -2.44. The van der Waals surface area contributed by atoms with Crippen molar-refractivity contribution in [2.24, 2.45) is 4.99 Å². The second-order valence-electron chi connectivity index (χ2n) is 8.24. The van der Waals surface area contributed by atoms with E-state index in [0.29, 0.717) is 11.4 Å². The molecule has 12 heteroatoms. The molecule has 0 saturated carbocycles. The van der Waals surface area contributed by atoms with Gasteiger partial charge in [-0.05, 0) is 31.5 Å². The summed E-state index contributed by atoms with van der Waals surface area (Å²) in [5.74, 6) is -0.0208. The molecule has 164 valence electrons. The number of β-lactam (4-membered cyclic amide) rings is 1. The lowest BCUT2D eigenvalue weighted by atomic mass is 9.95. The summed E-state index contributed by atoms with van der Waals surface area (Å²) in [6.45, 7) is 4.04. The number of H-pyrrole nitrogens is 1. The Balaban J connectivity index is 1.53. The smallest absolute Gasteiger partial charge is 0.250 e. The van der Waals surface area contributed by atoms with Gasteiger partial charge in [0, 0.05) is 18.8 Å². The molecule has 3 heterocycles. The largest absolute Gasteiger partial charge is 0.508 e. The predicted molar refractivity (Wildman–Crippen MR) is 114 cm³/mol. The Labute approximate surface area is 183 Å². The second kappa shape index (κ2) is 7.84. The number of amides is 2. The Morgan fingerprint density at radius 2 is 2.10 bits per heavy atom. The zero-order valence-electron chi connectivity index (χ0n) is 17.6.